The summed E-state index contributed by atoms with van der Waals surface area (Å²) in [5.41, 5.74) is -0.335. The second-order valence-electron chi connectivity index (χ2n) is 6.91. The summed E-state index contributed by atoms with van der Waals surface area (Å²) in [6.07, 6.45) is 3.60. The number of aliphatic hydroxyl groups is 1. The van der Waals surface area contributed by atoms with Crippen molar-refractivity contribution in [2.75, 3.05) is 26.2 Å². The third-order valence-corrected chi connectivity index (χ3v) is 4.74. The lowest BCUT2D eigenvalue weighted by Gasteiger charge is -2.32. The molecule has 2 rings (SSSR count). The van der Waals surface area contributed by atoms with Gasteiger partial charge in [-0.1, -0.05) is 37.3 Å². The normalized spacial score (nSPS) is 19.3. The molecule has 0 bridgehead atoms. The van der Waals surface area contributed by atoms with Crippen molar-refractivity contribution < 1.29 is 9.90 Å². The Labute approximate surface area is 139 Å². The Hall–Kier alpha value is -1.39. The maximum absolute atomic E-state index is 12.2. The number of hydrogen-bond acceptors (Lipinski definition) is 3. The van der Waals surface area contributed by atoms with Crippen LogP contribution in [0.1, 0.15) is 45.1 Å². The van der Waals surface area contributed by atoms with Crippen LogP contribution in [0.3, 0.4) is 0 Å². The highest BCUT2D eigenvalue weighted by Crippen LogP contribution is 2.24. The molecule has 4 nitrogen and oxygen atoms in total. The molecule has 0 spiro atoms. The van der Waals surface area contributed by atoms with E-state index in [0.717, 1.165) is 38.0 Å². The van der Waals surface area contributed by atoms with Crippen molar-refractivity contribution in [2.24, 2.45) is 5.92 Å². The van der Waals surface area contributed by atoms with Crippen LogP contribution >= 0.6 is 0 Å². The summed E-state index contributed by atoms with van der Waals surface area (Å²) in [5.74, 6) is 0.489. The predicted octanol–water partition coefficient (Wildman–Crippen LogP) is 2.52. The fraction of sp³-hybridized carbons (Fsp3) is 0.632. The molecule has 1 unspecified atom stereocenters. The second-order valence-corrected chi connectivity index (χ2v) is 6.91. The molecule has 1 saturated heterocycles. The number of piperidine rings is 1. The fourth-order valence-electron chi connectivity index (χ4n) is 3.26. The number of rotatable bonds is 7. The summed E-state index contributed by atoms with van der Waals surface area (Å²) in [6.45, 7) is 8.09. The van der Waals surface area contributed by atoms with Crippen molar-refractivity contribution in [2.45, 2.75) is 45.1 Å². The van der Waals surface area contributed by atoms with Crippen LogP contribution in [0.25, 0.3) is 0 Å². The molecule has 1 aliphatic rings. The predicted molar refractivity (Wildman–Crippen MR) is 93.1 cm³/mol. The Balaban J connectivity index is 1.73. The van der Waals surface area contributed by atoms with E-state index >= 15 is 0 Å². The van der Waals surface area contributed by atoms with Crippen molar-refractivity contribution >= 4 is 5.91 Å². The van der Waals surface area contributed by atoms with E-state index in [1.807, 2.05) is 30.3 Å². The van der Waals surface area contributed by atoms with Crippen LogP contribution < -0.4 is 5.32 Å². The molecule has 1 aromatic rings. The molecule has 2 N–H and O–H groups in total. The molecule has 0 radical (unpaired) electrons. The SMILES string of the molecule is CCCN1CCC(CNC(=O)CC(C)(O)c2ccccc2)CC1. The summed E-state index contributed by atoms with van der Waals surface area (Å²) in [4.78, 5) is 14.7. The Morgan fingerprint density at radius 2 is 1.96 bits per heavy atom. The maximum atomic E-state index is 12.2. The van der Waals surface area contributed by atoms with Crippen molar-refractivity contribution in [3.05, 3.63) is 35.9 Å². The van der Waals surface area contributed by atoms with Gasteiger partial charge in [-0.05, 0) is 57.3 Å². The zero-order chi connectivity index (χ0) is 16.7. The van der Waals surface area contributed by atoms with Gasteiger partial charge in [-0.2, -0.15) is 0 Å². The first kappa shape index (κ1) is 18.0. The first-order valence-electron chi connectivity index (χ1n) is 8.78. The lowest BCUT2D eigenvalue weighted by atomic mass is 9.92. The lowest BCUT2D eigenvalue weighted by molar-refractivity contribution is -0.126. The van der Waals surface area contributed by atoms with Gasteiger partial charge in [-0.25, -0.2) is 0 Å². The molecule has 0 saturated carbocycles. The summed E-state index contributed by atoms with van der Waals surface area (Å²) in [7, 11) is 0. The molecular weight excluding hydrogens is 288 g/mol. The molecule has 23 heavy (non-hydrogen) atoms. The molecule has 1 heterocycles. The largest absolute Gasteiger partial charge is 0.385 e. The van der Waals surface area contributed by atoms with E-state index in [0.29, 0.717) is 5.92 Å². The topological polar surface area (TPSA) is 52.6 Å². The molecule has 1 atom stereocenters. The summed E-state index contributed by atoms with van der Waals surface area (Å²) < 4.78 is 0. The van der Waals surface area contributed by atoms with Crippen molar-refractivity contribution in [3.8, 4) is 0 Å². The molecule has 1 aliphatic heterocycles. The quantitative estimate of drug-likeness (QED) is 0.812. The van der Waals surface area contributed by atoms with Crippen molar-refractivity contribution in [1.29, 1.82) is 0 Å². The first-order chi connectivity index (χ1) is 11.0. The number of amides is 1. The van der Waals surface area contributed by atoms with Gasteiger partial charge >= 0.3 is 0 Å². The Morgan fingerprint density at radius 3 is 2.57 bits per heavy atom. The minimum absolute atomic E-state index is 0.0742. The van der Waals surface area contributed by atoms with Gasteiger partial charge in [0, 0.05) is 6.54 Å². The lowest BCUT2D eigenvalue weighted by Crippen LogP contribution is -2.40. The Kier molecular flexibility index (Phi) is 6.60. The van der Waals surface area contributed by atoms with Gasteiger partial charge in [0.1, 0.15) is 0 Å². The van der Waals surface area contributed by atoms with Crippen LogP contribution in [0.5, 0.6) is 0 Å². The number of hydrogen-bond donors (Lipinski definition) is 2. The summed E-state index contributed by atoms with van der Waals surface area (Å²) >= 11 is 0. The van der Waals surface area contributed by atoms with E-state index in [1.54, 1.807) is 6.92 Å². The summed E-state index contributed by atoms with van der Waals surface area (Å²) in [5, 5.41) is 13.5. The smallest absolute Gasteiger partial charge is 0.223 e. The fourth-order valence-corrected chi connectivity index (χ4v) is 3.26. The molecular formula is C19H30N2O2. The number of carbonyl (C=O) groups is 1. The molecule has 1 amide bonds. The highest BCUT2D eigenvalue weighted by atomic mass is 16.3. The number of carbonyl (C=O) groups excluding carboxylic acids is 1. The highest BCUT2D eigenvalue weighted by molar-refractivity contribution is 5.77. The van der Waals surface area contributed by atoms with E-state index in [-0.39, 0.29) is 12.3 Å². The van der Waals surface area contributed by atoms with Crippen LogP contribution in [0, 0.1) is 5.92 Å². The maximum Gasteiger partial charge on any atom is 0.223 e. The van der Waals surface area contributed by atoms with Crippen LogP contribution in [-0.2, 0) is 10.4 Å². The van der Waals surface area contributed by atoms with E-state index in [1.165, 1.54) is 13.0 Å². The van der Waals surface area contributed by atoms with Crippen molar-refractivity contribution in [1.82, 2.24) is 10.2 Å². The zero-order valence-corrected chi connectivity index (χ0v) is 14.4. The number of benzene rings is 1. The van der Waals surface area contributed by atoms with Gasteiger partial charge in [0.15, 0.2) is 0 Å². The zero-order valence-electron chi connectivity index (χ0n) is 14.4. The minimum Gasteiger partial charge on any atom is -0.385 e. The molecule has 0 aliphatic carbocycles. The third kappa shape index (κ3) is 5.63. The van der Waals surface area contributed by atoms with E-state index in [2.05, 4.69) is 17.1 Å². The van der Waals surface area contributed by atoms with Gasteiger partial charge in [0.25, 0.3) is 0 Å². The van der Waals surface area contributed by atoms with E-state index < -0.39 is 5.60 Å². The van der Waals surface area contributed by atoms with Crippen molar-refractivity contribution in [3.63, 3.8) is 0 Å². The van der Waals surface area contributed by atoms with Gasteiger partial charge in [0.2, 0.25) is 5.91 Å². The average molecular weight is 318 g/mol. The second kappa shape index (κ2) is 8.46. The van der Waals surface area contributed by atoms with Gasteiger partial charge in [-0.15, -0.1) is 0 Å². The number of nitrogens with one attached hydrogen (secondary N) is 1. The van der Waals surface area contributed by atoms with Crippen LogP contribution in [0.15, 0.2) is 30.3 Å². The monoisotopic (exact) mass is 318 g/mol. The number of nitrogens with zero attached hydrogens (tertiary/aromatic N) is 1. The van der Waals surface area contributed by atoms with Gasteiger partial charge in [0.05, 0.1) is 12.0 Å². The van der Waals surface area contributed by atoms with Crippen LogP contribution in [-0.4, -0.2) is 42.1 Å². The van der Waals surface area contributed by atoms with Gasteiger partial charge < -0.3 is 15.3 Å². The van der Waals surface area contributed by atoms with E-state index in [4.69, 9.17) is 0 Å². The highest BCUT2D eigenvalue weighted by Gasteiger charge is 2.27. The third-order valence-electron chi connectivity index (χ3n) is 4.74. The minimum atomic E-state index is -1.12. The molecule has 128 valence electrons. The standard InChI is InChI=1S/C19H30N2O2/c1-3-11-21-12-9-16(10-13-21)15-20-18(22)14-19(2,23)17-7-5-4-6-8-17/h4-8,16,23H,3,9-15H2,1-2H3,(H,20,22). The summed E-state index contributed by atoms with van der Waals surface area (Å²) in [6, 6.07) is 9.38. The molecule has 1 fully saturated rings. The van der Waals surface area contributed by atoms with Crippen LogP contribution in [0.2, 0.25) is 0 Å². The molecule has 0 aromatic heterocycles. The number of likely N-dealkylation sites (tertiary alicyclic amines) is 1. The average Bonchev–Trinajstić information content (AvgIpc) is 2.55. The Morgan fingerprint density at radius 1 is 1.30 bits per heavy atom. The molecule has 1 aromatic carbocycles. The first-order valence-corrected chi connectivity index (χ1v) is 8.78. The van der Waals surface area contributed by atoms with Gasteiger partial charge in [-0.3, -0.25) is 4.79 Å². The molecule has 4 heteroatoms. The Bertz CT molecular complexity index is 479. The van der Waals surface area contributed by atoms with E-state index in [9.17, 15) is 9.90 Å². The van der Waals surface area contributed by atoms with Crippen LogP contribution in [0.4, 0.5) is 0 Å².